The van der Waals surface area contributed by atoms with Crippen molar-refractivity contribution in [3.63, 3.8) is 0 Å². The molecule has 0 bridgehead atoms. The Morgan fingerprint density at radius 3 is 2.31 bits per heavy atom. The Balaban J connectivity index is 1.64. The molecule has 5 rings (SSSR count). The Morgan fingerprint density at radius 2 is 1.59 bits per heavy atom. The fourth-order valence-electron chi connectivity index (χ4n) is 3.68. The highest BCUT2D eigenvalue weighted by atomic mass is 16.5. The third kappa shape index (κ3) is 3.13. The predicted molar refractivity (Wildman–Crippen MR) is 118 cm³/mol. The Bertz CT molecular complexity index is 1490. The number of methoxy groups -OCH3 is 3. The molecule has 32 heavy (non-hydrogen) atoms. The minimum Gasteiger partial charge on any atom is -0.493 e. The van der Waals surface area contributed by atoms with Crippen LogP contribution in [0.1, 0.15) is 0 Å². The molecule has 0 atom stereocenters. The van der Waals surface area contributed by atoms with E-state index in [1.54, 1.807) is 24.3 Å². The normalized spacial score (nSPS) is 11.1. The molecule has 0 spiro atoms. The van der Waals surface area contributed by atoms with E-state index in [1.165, 1.54) is 21.3 Å². The summed E-state index contributed by atoms with van der Waals surface area (Å²) in [4.78, 5) is 17.1. The molecule has 0 aliphatic carbocycles. The minimum absolute atomic E-state index is 0.0531. The molecule has 8 nitrogen and oxygen atoms in total. The quantitative estimate of drug-likeness (QED) is 0.293. The molecule has 0 fully saturated rings. The lowest BCUT2D eigenvalue weighted by molar-refractivity contribution is 0.324. The van der Waals surface area contributed by atoms with E-state index in [9.17, 15) is 4.79 Å². The number of ether oxygens (including phenoxy) is 3. The Labute approximate surface area is 181 Å². The van der Waals surface area contributed by atoms with Crippen molar-refractivity contribution in [3.8, 4) is 40.1 Å². The lowest BCUT2D eigenvalue weighted by Crippen LogP contribution is -2.03. The molecule has 2 aromatic heterocycles. The van der Waals surface area contributed by atoms with E-state index in [-0.39, 0.29) is 17.3 Å². The molecular weight excluding hydrogens is 412 g/mol. The van der Waals surface area contributed by atoms with Crippen LogP contribution in [0.25, 0.3) is 44.6 Å². The average Bonchev–Trinajstić information content (AvgIpc) is 3.32. The number of hydrogen-bond donors (Lipinski definition) is 0. The van der Waals surface area contributed by atoms with Crippen molar-refractivity contribution in [2.24, 2.45) is 0 Å². The van der Waals surface area contributed by atoms with Crippen LogP contribution in [0, 0.1) is 0 Å². The maximum Gasteiger partial charge on any atom is 0.349 e. The van der Waals surface area contributed by atoms with E-state index in [2.05, 4.69) is 10.1 Å². The van der Waals surface area contributed by atoms with E-state index < -0.39 is 5.63 Å². The summed E-state index contributed by atoms with van der Waals surface area (Å²) in [5.41, 5.74) is 0.680. The van der Waals surface area contributed by atoms with Gasteiger partial charge in [-0.25, -0.2) is 4.79 Å². The van der Waals surface area contributed by atoms with Gasteiger partial charge in [0.1, 0.15) is 11.1 Å². The van der Waals surface area contributed by atoms with Crippen molar-refractivity contribution in [1.29, 1.82) is 0 Å². The smallest absolute Gasteiger partial charge is 0.349 e. The van der Waals surface area contributed by atoms with Gasteiger partial charge in [0.2, 0.25) is 11.6 Å². The van der Waals surface area contributed by atoms with Gasteiger partial charge >= 0.3 is 5.63 Å². The molecule has 0 saturated carbocycles. The number of aromatic nitrogens is 2. The fourth-order valence-corrected chi connectivity index (χ4v) is 3.68. The highest BCUT2D eigenvalue weighted by molar-refractivity contribution is 6.06. The third-order valence-corrected chi connectivity index (χ3v) is 5.22. The first-order chi connectivity index (χ1) is 15.6. The van der Waals surface area contributed by atoms with Gasteiger partial charge in [0, 0.05) is 10.9 Å². The van der Waals surface area contributed by atoms with Gasteiger partial charge < -0.3 is 23.2 Å². The summed E-state index contributed by atoms with van der Waals surface area (Å²) in [6, 6.07) is 16.7. The lowest BCUT2D eigenvalue weighted by atomic mass is 10.0. The van der Waals surface area contributed by atoms with Crippen LogP contribution in [0.5, 0.6) is 17.2 Å². The maximum atomic E-state index is 12.6. The maximum absolute atomic E-state index is 12.6. The highest BCUT2D eigenvalue weighted by Gasteiger charge is 2.20. The van der Waals surface area contributed by atoms with Crippen LogP contribution in [0.3, 0.4) is 0 Å². The van der Waals surface area contributed by atoms with Crippen LogP contribution in [0.4, 0.5) is 0 Å². The Morgan fingerprint density at radius 1 is 0.844 bits per heavy atom. The van der Waals surface area contributed by atoms with Crippen LogP contribution in [0.2, 0.25) is 0 Å². The second-order valence-electron chi connectivity index (χ2n) is 6.98. The van der Waals surface area contributed by atoms with Crippen molar-refractivity contribution in [1.82, 2.24) is 10.1 Å². The molecule has 5 aromatic rings. The van der Waals surface area contributed by atoms with Gasteiger partial charge in [0.05, 0.1) is 21.3 Å². The molecule has 2 heterocycles. The monoisotopic (exact) mass is 430 g/mol. The van der Waals surface area contributed by atoms with Crippen molar-refractivity contribution in [2.45, 2.75) is 0 Å². The predicted octanol–water partition coefficient (Wildman–Crippen LogP) is 4.69. The zero-order chi connectivity index (χ0) is 22.2. The van der Waals surface area contributed by atoms with Gasteiger partial charge in [-0.1, -0.05) is 35.5 Å². The first-order valence-electron chi connectivity index (χ1n) is 9.73. The summed E-state index contributed by atoms with van der Waals surface area (Å²) in [6.45, 7) is 0. The van der Waals surface area contributed by atoms with E-state index in [1.807, 2.05) is 30.3 Å². The molecule has 8 heteroatoms. The number of rotatable bonds is 5. The Kier molecular flexibility index (Phi) is 4.74. The summed E-state index contributed by atoms with van der Waals surface area (Å²) in [5.74, 6) is 1.66. The standard InChI is InChI=1S/C24H18N2O6/c1-28-19-10-14(11-20(29-2)21(19)30-3)22-25-23(32-26-22)17-12-16-15-7-5-4-6-13(15)8-9-18(16)31-24(17)27/h4-12H,1-3H3. The summed E-state index contributed by atoms with van der Waals surface area (Å²) < 4.78 is 27.1. The van der Waals surface area contributed by atoms with Crippen molar-refractivity contribution < 1.29 is 23.2 Å². The number of benzene rings is 3. The van der Waals surface area contributed by atoms with Crippen LogP contribution >= 0.6 is 0 Å². The van der Waals surface area contributed by atoms with Gasteiger partial charge in [0.25, 0.3) is 5.89 Å². The first-order valence-corrected chi connectivity index (χ1v) is 9.73. The van der Waals surface area contributed by atoms with Gasteiger partial charge in [0.15, 0.2) is 11.5 Å². The van der Waals surface area contributed by atoms with E-state index >= 15 is 0 Å². The molecule has 0 amide bonds. The van der Waals surface area contributed by atoms with E-state index in [0.717, 1.165) is 16.2 Å². The summed E-state index contributed by atoms with van der Waals surface area (Å²) in [5, 5.41) is 6.81. The van der Waals surface area contributed by atoms with Gasteiger partial charge in [-0.05, 0) is 35.0 Å². The minimum atomic E-state index is -0.562. The molecule has 0 aliphatic heterocycles. The summed E-state index contributed by atoms with van der Waals surface area (Å²) >= 11 is 0. The molecule has 3 aromatic carbocycles. The first kappa shape index (κ1) is 19.6. The molecule has 0 unspecified atom stereocenters. The second-order valence-corrected chi connectivity index (χ2v) is 6.98. The van der Waals surface area contributed by atoms with Crippen molar-refractivity contribution in [2.75, 3.05) is 21.3 Å². The third-order valence-electron chi connectivity index (χ3n) is 5.22. The van der Waals surface area contributed by atoms with Crippen LogP contribution in [0.15, 0.2) is 68.3 Å². The van der Waals surface area contributed by atoms with Crippen molar-refractivity contribution >= 4 is 21.7 Å². The molecule has 0 saturated heterocycles. The van der Waals surface area contributed by atoms with E-state index in [4.69, 9.17) is 23.2 Å². The SMILES string of the molecule is COc1cc(-c2noc(-c3cc4c(ccc5ccccc54)oc3=O)n2)cc(OC)c1OC. The second kappa shape index (κ2) is 7.73. The molecule has 0 aliphatic rings. The topological polar surface area (TPSA) is 96.8 Å². The molecular formula is C24H18N2O6. The van der Waals surface area contributed by atoms with Crippen LogP contribution in [-0.4, -0.2) is 31.5 Å². The van der Waals surface area contributed by atoms with Crippen molar-refractivity contribution in [3.05, 3.63) is 65.0 Å². The largest absolute Gasteiger partial charge is 0.493 e. The summed E-state index contributed by atoms with van der Waals surface area (Å²) in [7, 11) is 4.57. The highest BCUT2D eigenvalue weighted by Crippen LogP contribution is 2.40. The van der Waals surface area contributed by atoms with Gasteiger partial charge in [-0.2, -0.15) is 4.98 Å². The average molecular weight is 430 g/mol. The van der Waals surface area contributed by atoms with Crippen LogP contribution < -0.4 is 19.8 Å². The molecule has 0 radical (unpaired) electrons. The van der Waals surface area contributed by atoms with Crippen LogP contribution in [-0.2, 0) is 0 Å². The molecule has 0 N–H and O–H groups in total. The molecule has 160 valence electrons. The number of hydrogen-bond acceptors (Lipinski definition) is 8. The van der Waals surface area contributed by atoms with Gasteiger partial charge in [-0.15, -0.1) is 0 Å². The van der Waals surface area contributed by atoms with Gasteiger partial charge in [-0.3, -0.25) is 0 Å². The fraction of sp³-hybridized carbons (Fsp3) is 0.125. The zero-order valence-electron chi connectivity index (χ0n) is 17.5. The zero-order valence-corrected chi connectivity index (χ0v) is 17.5. The number of nitrogens with zero attached hydrogens (tertiary/aromatic N) is 2. The lowest BCUT2D eigenvalue weighted by Gasteiger charge is -2.12. The number of fused-ring (bicyclic) bond motifs is 3. The van der Waals surface area contributed by atoms with E-state index in [0.29, 0.717) is 28.4 Å². The Hall–Kier alpha value is -4.33. The summed E-state index contributed by atoms with van der Waals surface area (Å²) in [6.07, 6.45) is 0.